The van der Waals surface area contributed by atoms with E-state index in [2.05, 4.69) is 44.9 Å². The third-order valence-electron chi connectivity index (χ3n) is 4.33. The molecular weight excluding hydrogens is 328 g/mol. The molecule has 2 heterocycles. The van der Waals surface area contributed by atoms with E-state index in [-0.39, 0.29) is 0 Å². The van der Waals surface area contributed by atoms with Crippen LogP contribution < -0.4 is 10.1 Å². The van der Waals surface area contributed by atoms with Gasteiger partial charge < -0.3 is 19.5 Å². The maximum absolute atomic E-state index is 5.72. The van der Waals surface area contributed by atoms with Gasteiger partial charge in [0.15, 0.2) is 0 Å². The lowest BCUT2D eigenvalue weighted by atomic mass is 10.1. The molecule has 6 heteroatoms. The van der Waals surface area contributed by atoms with Gasteiger partial charge in [-0.1, -0.05) is 18.2 Å². The molecule has 0 fully saturated rings. The highest BCUT2D eigenvalue weighted by Crippen LogP contribution is 2.21. The first kappa shape index (κ1) is 16.4. The van der Waals surface area contributed by atoms with Crippen LogP contribution in [-0.4, -0.2) is 28.8 Å². The van der Waals surface area contributed by atoms with E-state index >= 15 is 0 Å². The third-order valence-corrected chi connectivity index (χ3v) is 4.33. The molecule has 0 spiro atoms. The predicted molar refractivity (Wildman–Crippen MR) is 100.0 cm³/mol. The largest absolute Gasteiger partial charge is 0.497 e. The molecule has 0 amide bonds. The Morgan fingerprint density at radius 1 is 1.08 bits per heavy atom. The van der Waals surface area contributed by atoms with Gasteiger partial charge in [-0.2, -0.15) is 0 Å². The number of fused-ring (bicyclic) bond motifs is 1. The molecule has 0 atom stereocenters. The van der Waals surface area contributed by atoms with Crippen LogP contribution in [-0.2, 0) is 13.0 Å². The molecule has 0 radical (unpaired) electrons. The quantitative estimate of drug-likeness (QED) is 0.500. The first-order valence-electron chi connectivity index (χ1n) is 8.56. The van der Waals surface area contributed by atoms with Crippen LogP contribution in [0.4, 0.5) is 0 Å². The molecule has 4 aromatic rings. The average Bonchev–Trinajstić information content (AvgIpc) is 3.33. The van der Waals surface area contributed by atoms with Gasteiger partial charge in [0.1, 0.15) is 5.75 Å². The summed E-state index contributed by atoms with van der Waals surface area (Å²) in [6.45, 7) is 1.38. The van der Waals surface area contributed by atoms with E-state index in [0.717, 1.165) is 24.3 Å². The Balaban J connectivity index is 1.32. The molecule has 2 aromatic heterocycles. The van der Waals surface area contributed by atoms with Gasteiger partial charge in [-0.3, -0.25) is 0 Å². The molecule has 0 unspecified atom stereocenters. The molecule has 4 rings (SSSR count). The number of H-pyrrole nitrogens is 1. The summed E-state index contributed by atoms with van der Waals surface area (Å²) in [4.78, 5) is 3.30. The maximum Gasteiger partial charge on any atom is 0.247 e. The summed E-state index contributed by atoms with van der Waals surface area (Å²) >= 11 is 0. The molecule has 0 bridgehead atoms. The number of hydrogen-bond acceptors (Lipinski definition) is 5. The number of rotatable bonds is 7. The van der Waals surface area contributed by atoms with Crippen molar-refractivity contribution in [3.8, 4) is 17.2 Å². The van der Waals surface area contributed by atoms with Crippen molar-refractivity contribution >= 4 is 10.9 Å². The molecule has 26 heavy (non-hydrogen) atoms. The smallest absolute Gasteiger partial charge is 0.247 e. The van der Waals surface area contributed by atoms with Gasteiger partial charge >= 0.3 is 0 Å². The van der Waals surface area contributed by atoms with Crippen LogP contribution in [0.15, 0.2) is 59.1 Å². The van der Waals surface area contributed by atoms with E-state index in [1.807, 2.05) is 30.3 Å². The summed E-state index contributed by atoms with van der Waals surface area (Å²) in [6.07, 6.45) is 3.00. The minimum absolute atomic E-state index is 0.515. The molecule has 2 aromatic carbocycles. The van der Waals surface area contributed by atoms with Gasteiger partial charge in [0.25, 0.3) is 0 Å². The molecular formula is C20H20N4O2. The van der Waals surface area contributed by atoms with Crippen molar-refractivity contribution in [2.45, 2.75) is 13.0 Å². The fraction of sp³-hybridized carbons (Fsp3) is 0.200. The number of methoxy groups -OCH3 is 1. The highest BCUT2D eigenvalue weighted by molar-refractivity contribution is 5.83. The zero-order valence-electron chi connectivity index (χ0n) is 14.5. The van der Waals surface area contributed by atoms with Crippen molar-refractivity contribution in [2.24, 2.45) is 0 Å². The summed E-state index contributed by atoms with van der Waals surface area (Å²) in [6, 6.07) is 15.9. The van der Waals surface area contributed by atoms with E-state index in [1.54, 1.807) is 7.11 Å². The molecule has 2 N–H and O–H groups in total. The second-order valence-corrected chi connectivity index (χ2v) is 6.02. The maximum atomic E-state index is 5.72. The summed E-state index contributed by atoms with van der Waals surface area (Å²) in [7, 11) is 1.64. The van der Waals surface area contributed by atoms with Crippen molar-refractivity contribution < 1.29 is 9.15 Å². The second kappa shape index (κ2) is 7.41. The van der Waals surface area contributed by atoms with E-state index in [9.17, 15) is 0 Å². The van der Waals surface area contributed by atoms with E-state index in [1.165, 1.54) is 16.5 Å². The van der Waals surface area contributed by atoms with Gasteiger partial charge in [-0.05, 0) is 48.9 Å². The highest BCUT2D eigenvalue weighted by atomic mass is 16.5. The lowest BCUT2D eigenvalue weighted by Gasteiger charge is -2.01. The molecule has 6 nitrogen and oxygen atoms in total. The highest BCUT2D eigenvalue weighted by Gasteiger charge is 2.09. The zero-order chi connectivity index (χ0) is 17.8. The molecule has 0 saturated heterocycles. The van der Waals surface area contributed by atoms with Crippen LogP contribution in [0.3, 0.4) is 0 Å². The number of nitrogens with one attached hydrogen (secondary N) is 2. The number of nitrogens with zero attached hydrogens (tertiary/aromatic N) is 2. The minimum Gasteiger partial charge on any atom is -0.497 e. The monoisotopic (exact) mass is 348 g/mol. The van der Waals surface area contributed by atoms with Crippen molar-refractivity contribution in [1.82, 2.24) is 20.5 Å². The second-order valence-electron chi connectivity index (χ2n) is 6.02. The molecule has 0 aliphatic carbocycles. The molecule has 0 aliphatic rings. The van der Waals surface area contributed by atoms with Gasteiger partial charge in [-0.25, -0.2) is 0 Å². The number of aromatic amines is 1. The van der Waals surface area contributed by atoms with Crippen LogP contribution in [0, 0.1) is 0 Å². The van der Waals surface area contributed by atoms with Gasteiger partial charge in [0.2, 0.25) is 11.8 Å². The Kier molecular flexibility index (Phi) is 4.66. The normalized spacial score (nSPS) is 11.1. The number of hydrogen-bond donors (Lipinski definition) is 2. The van der Waals surface area contributed by atoms with Crippen molar-refractivity contribution in [2.75, 3.05) is 13.7 Å². The van der Waals surface area contributed by atoms with Crippen LogP contribution in [0.5, 0.6) is 5.75 Å². The lowest BCUT2D eigenvalue weighted by Crippen LogP contribution is -2.16. The summed E-state index contributed by atoms with van der Waals surface area (Å²) in [5.41, 5.74) is 3.35. The molecule has 132 valence electrons. The summed E-state index contributed by atoms with van der Waals surface area (Å²) in [5, 5.41) is 12.8. The Morgan fingerprint density at radius 2 is 1.92 bits per heavy atom. The van der Waals surface area contributed by atoms with Crippen LogP contribution >= 0.6 is 0 Å². The van der Waals surface area contributed by atoms with Crippen LogP contribution in [0.1, 0.15) is 11.5 Å². The molecule has 0 aliphatic heterocycles. The summed E-state index contributed by atoms with van der Waals surface area (Å²) in [5.74, 6) is 1.89. The lowest BCUT2D eigenvalue weighted by molar-refractivity contribution is 0.415. The van der Waals surface area contributed by atoms with Crippen molar-refractivity contribution in [1.29, 1.82) is 0 Å². The average molecular weight is 348 g/mol. The van der Waals surface area contributed by atoms with Crippen molar-refractivity contribution in [3.05, 3.63) is 66.2 Å². The number of benzene rings is 2. The van der Waals surface area contributed by atoms with Crippen LogP contribution in [0.2, 0.25) is 0 Å². The van der Waals surface area contributed by atoms with E-state index in [4.69, 9.17) is 9.15 Å². The topological polar surface area (TPSA) is 76.0 Å². The summed E-state index contributed by atoms with van der Waals surface area (Å²) < 4.78 is 10.9. The fourth-order valence-corrected chi connectivity index (χ4v) is 2.93. The fourth-order valence-electron chi connectivity index (χ4n) is 2.93. The molecule has 0 saturated carbocycles. The standard InChI is InChI=1S/C20H20N4O2/c1-25-16-8-6-14(7-9-16)20-24-23-19(26-20)13-21-11-10-15-12-22-18-5-3-2-4-17(15)18/h2-9,12,21-22H,10-11,13H2,1H3. The zero-order valence-corrected chi connectivity index (χ0v) is 14.5. The van der Waals surface area contributed by atoms with Crippen LogP contribution in [0.25, 0.3) is 22.4 Å². The Bertz CT molecular complexity index is 988. The van der Waals surface area contributed by atoms with Crippen molar-refractivity contribution in [3.63, 3.8) is 0 Å². The van der Waals surface area contributed by atoms with Gasteiger partial charge in [0.05, 0.1) is 13.7 Å². The minimum atomic E-state index is 0.515. The third kappa shape index (κ3) is 3.45. The Morgan fingerprint density at radius 3 is 2.77 bits per heavy atom. The first-order valence-corrected chi connectivity index (χ1v) is 8.56. The number of ether oxygens (including phenoxy) is 1. The van der Waals surface area contributed by atoms with E-state index in [0.29, 0.717) is 18.3 Å². The SMILES string of the molecule is COc1ccc(-c2nnc(CNCCc3c[nH]c4ccccc34)o2)cc1. The predicted octanol–water partition coefficient (Wildman–Crippen LogP) is 3.56. The Labute approximate surface area is 151 Å². The first-order chi connectivity index (χ1) is 12.8. The van der Waals surface area contributed by atoms with Gasteiger partial charge in [0, 0.05) is 22.7 Å². The van der Waals surface area contributed by atoms with E-state index < -0.39 is 0 Å². The number of para-hydroxylation sites is 1. The number of aromatic nitrogens is 3. The van der Waals surface area contributed by atoms with Gasteiger partial charge in [-0.15, -0.1) is 10.2 Å². The Hall–Kier alpha value is -3.12.